The average molecular weight is 559 g/mol. The first-order chi connectivity index (χ1) is 19.8. The van der Waals surface area contributed by atoms with Crippen LogP contribution >= 0.6 is 0 Å². The number of fused-ring (bicyclic) bond motifs is 1. The van der Waals surface area contributed by atoms with Crippen molar-refractivity contribution >= 4 is 35.1 Å². The molecule has 0 spiro atoms. The van der Waals surface area contributed by atoms with Crippen LogP contribution in [0.2, 0.25) is 0 Å². The first-order valence-corrected chi connectivity index (χ1v) is 14.1. The number of nitrogens with zero attached hydrogens (tertiary/aromatic N) is 1. The Labute approximate surface area is 238 Å². The van der Waals surface area contributed by atoms with Gasteiger partial charge in [0.1, 0.15) is 6.04 Å². The number of amides is 4. The van der Waals surface area contributed by atoms with Crippen molar-refractivity contribution < 1.29 is 29.1 Å². The molecule has 1 saturated carbocycles. The predicted molar refractivity (Wildman–Crippen MR) is 150 cm³/mol. The summed E-state index contributed by atoms with van der Waals surface area (Å²) in [6.07, 6.45) is 3.67. The van der Waals surface area contributed by atoms with Crippen molar-refractivity contribution in [1.29, 1.82) is 0 Å². The Morgan fingerprint density at radius 3 is 2.61 bits per heavy atom. The molecule has 0 bridgehead atoms. The van der Waals surface area contributed by atoms with Gasteiger partial charge >= 0.3 is 0 Å². The molecule has 5 rings (SSSR count). The molecule has 2 heterocycles. The molecule has 10 nitrogen and oxygen atoms in total. The Bertz CT molecular complexity index is 1390. The van der Waals surface area contributed by atoms with Crippen LogP contribution in [0.3, 0.4) is 0 Å². The molecule has 0 radical (unpaired) electrons. The number of unbranched alkanes of at least 4 members (excludes halogenated alkanes) is 1. The van der Waals surface area contributed by atoms with Gasteiger partial charge in [0.25, 0.3) is 5.91 Å². The van der Waals surface area contributed by atoms with E-state index in [4.69, 9.17) is 0 Å². The fourth-order valence-electron chi connectivity index (χ4n) is 5.77. The van der Waals surface area contributed by atoms with Crippen molar-refractivity contribution in [2.24, 2.45) is 0 Å². The molecule has 3 atom stereocenters. The highest BCUT2D eigenvalue weighted by atomic mass is 16.3. The zero-order chi connectivity index (χ0) is 28.9. The Morgan fingerprint density at radius 2 is 1.85 bits per heavy atom. The van der Waals surface area contributed by atoms with Crippen molar-refractivity contribution in [2.45, 2.75) is 69.6 Å². The van der Waals surface area contributed by atoms with Crippen LogP contribution in [0.5, 0.6) is 0 Å². The largest absolute Gasteiger partial charge is 0.390 e. The molecule has 3 aliphatic rings. The molecule has 0 aromatic heterocycles. The van der Waals surface area contributed by atoms with E-state index < -0.39 is 18.1 Å². The van der Waals surface area contributed by atoms with Gasteiger partial charge in [0.2, 0.25) is 17.7 Å². The SMILES string of the molecule is O=C1CCC(N2Cc3c(NC(=O)CCCCN/C=C4\C(=O)CC(c5ccccc5)CC4O)cccc3C2=O)C(=O)N1. The van der Waals surface area contributed by atoms with E-state index in [9.17, 15) is 29.1 Å². The van der Waals surface area contributed by atoms with Gasteiger partial charge in [0.05, 0.1) is 6.10 Å². The zero-order valence-corrected chi connectivity index (χ0v) is 22.7. The summed E-state index contributed by atoms with van der Waals surface area (Å²) in [6, 6.07) is 14.2. The lowest BCUT2D eigenvalue weighted by atomic mass is 9.79. The number of imide groups is 1. The van der Waals surface area contributed by atoms with E-state index in [0.717, 1.165) is 5.56 Å². The molecule has 2 aromatic carbocycles. The maximum Gasteiger partial charge on any atom is 0.255 e. The maximum absolute atomic E-state index is 13.0. The maximum atomic E-state index is 13.0. The number of hydrogen-bond acceptors (Lipinski definition) is 7. The van der Waals surface area contributed by atoms with Gasteiger partial charge in [-0.25, -0.2) is 0 Å². The third-order valence-corrected chi connectivity index (χ3v) is 7.98. The summed E-state index contributed by atoms with van der Waals surface area (Å²) < 4.78 is 0. The van der Waals surface area contributed by atoms with Crippen molar-refractivity contribution in [3.8, 4) is 0 Å². The Morgan fingerprint density at radius 1 is 1.05 bits per heavy atom. The normalized spacial score (nSPS) is 23.4. The summed E-state index contributed by atoms with van der Waals surface area (Å²) in [5.74, 6) is -1.34. The fraction of sp³-hybridized carbons (Fsp3) is 0.387. The Hall–Kier alpha value is -4.31. The number of carbonyl (C=O) groups excluding carboxylic acids is 5. The van der Waals surface area contributed by atoms with E-state index in [1.165, 1.54) is 4.90 Å². The number of Topliss-reactive ketones (excluding diaryl/α,β-unsaturated/α-hetero) is 1. The molecule has 2 aliphatic heterocycles. The first kappa shape index (κ1) is 28.2. The first-order valence-electron chi connectivity index (χ1n) is 14.1. The van der Waals surface area contributed by atoms with E-state index in [0.29, 0.717) is 54.6 Å². The van der Waals surface area contributed by atoms with Gasteiger partial charge in [0.15, 0.2) is 5.78 Å². The van der Waals surface area contributed by atoms with E-state index in [-0.39, 0.29) is 55.2 Å². The molecule has 4 N–H and O–H groups in total. The molecule has 41 heavy (non-hydrogen) atoms. The number of aliphatic hydroxyl groups excluding tert-OH is 1. The van der Waals surface area contributed by atoms with Gasteiger partial charge in [0, 0.05) is 60.9 Å². The number of nitrogens with one attached hydrogen (secondary N) is 3. The third-order valence-electron chi connectivity index (χ3n) is 7.98. The lowest BCUT2D eigenvalue weighted by Crippen LogP contribution is -2.52. The van der Waals surface area contributed by atoms with Gasteiger partial charge in [-0.2, -0.15) is 0 Å². The summed E-state index contributed by atoms with van der Waals surface area (Å²) in [6.45, 7) is 0.737. The summed E-state index contributed by atoms with van der Waals surface area (Å²) in [4.78, 5) is 63.5. The smallest absolute Gasteiger partial charge is 0.255 e. The molecular weight excluding hydrogens is 524 g/mol. The minimum atomic E-state index is -0.815. The topological polar surface area (TPSA) is 145 Å². The molecule has 2 aromatic rings. The van der Waals surface area contributed by atoms with Crippen molar-refractivity contribution in [1.82, 2.24) is 15.5 Å². The number of rotatable bonds is 9. The highest BCUT2D eigenvalue weighted by Gasteiger charge is 2.40. The van der Waals surface area contributed by atoms with Crippen LogP contribution in [-0.2, 0) is 25.7 Å². The monoisotopic (exact) mass is 558 g/mol. The van der Waals surface area contributed by atoms with Crippen LogP contribution in [0, 0.1) is 0 Å². The lowest BCUT2D eigenvalue weighted by Gasteiger charge is -2.29. The van der Waals surface area contributed by atoms with Gasteiger partial charge in [-0.3, -0.25) is 29.3 Å². The number of piperidine rings is 1. The van der Waals surface area contributed by atoms with Crippen LogP contribution < -0.4 is 16.0 Å². The second kappa shape index (κ2) is 12.5. The van der Waals surface area contributed by atoms with Gasteiger partial charge in [-0.15, -0.1) is 0 Å². The standard InChI is InChI=1S/C31H34N4O6/c36-26-15-20(19-7-2-1-3-8-19)16-27(37)22(26)17-32-14-5-4-11-28(38)33-24-10-6-9-21-23(24)18-35(31(21)41)25-12-13-29(39)34-30(25)40/h1-3,6-10,17,20,25-26,32,36H,4-5,11-16,18H2,(H,33,38)(H,34,39,40)/b22-17-. The molecule has 4 amide bonds. The van der Waals surface area contributed by atoms with Crippen LogP contribution in [-0.4, -0.2) is 58.1 Å². The molecule has 3 unspecified atom stereocenters. The number of benzene rings is 2. The van der Waals surface area contributed by atoms with Crippen molar-refractivity contribution in [3.05, 3.63) is 77.0 Å². The van der Waals surface area contributed by atoms with E-state index in [2.05, 4.69) is 16.0 Å². The fourth-order valence-corrected chi connectivity index (χ4v) is 5.77. The molecular formula is C31H34N4O6. The Balaban J connectivity index is 1.07. The van der Waals surface area contributed by atoms with E-state index in [1.54, 1.807) is 24.4 Å². The Kier molecular flexibility index (Phi) is 8.58. The quantitative estimate of drug-likeness (QED) is 0.210. The molecule has 10 heteroatoms. The highest BCUT2D eigenvalue weighted by molar-refractivity contribution is 6.06. The van der Waals surface area contributed by atoms with E-state index in [1.807, 2.05) is 30.3 Å². The highest BCUT2D eigenvalue weighted by Crippen LogP contribution is 2.34. The number of ketones is 1. The van der Waals surface area contributed by atoms with Crippen LogP contribution in [0.15, 0.2) is 60.3 Å². The summed E-state index contributed by atoms with van der Waals surface area (Å²) >= 11 is 0. The lowest BCUT2D eigenvalue weighted by molar-refractivity contribution is -0.137. The predicted octanol–water partition coefficient (Wildman–Crippen LogP) is 2.54. The molecule has 1 saturated heterocycles. The van der Waals surface area contributed by atoms with Crippen molar-refractivity contribution in [2.75, 3.05) is 11.9 Å². The zero-order valence-electron chi connectivity index (χ0n) is 22.7. The second-order valence-corrected chi connectivity index (χ2v) is 10.8. The third kappa shape index (κ3) is 6.38. The molecule has 1 aliphatic carbocycles. The number of anilines is 1. The number of aliphatic hydroxyl groups is 1. The van der Waals surface area contributed by atoms with Crippen molar-refractivity contribution in [3.63, 3.8) is 0 Å². The summed E-state index contributed by atoms with van der Waals surface area (Å²) in [5.41, 5.74) is 3.10. The second-order valence-electron chi connectivity index (χ2n) is 10.8. The summed E-state index contributed by atoms with van der Waals surface area (Å²) in [5, 5.41) is 18.8. The molecule has 214 valence electrons. The molecule has 2 fully saturated rings. The average Bonchev–Trinajstić information content (AvgIpc) is 3.29. The van der Waals surface area contributed by atoms with Gasteiger partial charge in [-0.05, 0) is 49.3 Å². The van der Waals surface area contributed by atoms with Crippen LogP contribution in [0.4, 0.5) is 5.69 Å². The van der Waals surface area contributed by atoms with Crippen LogP contribution in [0.25, 0.3) is 0 Å². The number of hydrogen-bond donors (Lipinski definition) is 4. The minimum Gasteiger partial charge on any atom is -0.390 e. The van der Waals surface area contributed by atoms with Gasteiger partial charge < -0.3 is 20.6 Å². The summed E-state index contributed by atoms with van der Waals surface area (Å²) in [7, 11) is 0. The number of carbonyl (C=O) groups is 5. The van der Waals surface area contributed by atoms with Gasteiger partial charge in [-0.1, -0.05) is 36.4 Å². The van der Waals surface area contributed by atoms with E-state index >= 15 is 0 Å². The minimum absolute atomic E-state index is 0.0128. The van der Waals surface area contributed by atoms with Crippen LogP contribution in [0.1, 0.15) is 72.3 Å².